The number of rotatable bonds is 9. The van der Waals surface area contributed by atoms with Crippen LogP contribution in [0.2, 0.25) is 5.02 Å². The standard InChI is InChI=1S/C24H21ClN4O2S2/c1-29-22(15-31-20-13-7-5-11-18(20)25)27-28-24(29)32-16-23(30)26-19-12-6-8-14-21(19)33-17-9-3-2-4-10-17/h2-14H,15-16H2,1H3,(H,26,30). The van der Waals surface area contributed by atoms with E-state index in [1.165, 1.54) is 11.8 Å². The summed E-state index contributed by atoms with van der Waals surface area (Å²) in [4.78, 5) is 14.7. The normalized spacial score (nSPS) is 10.7. The molecule has 9 heteroatoms. The number of halogens is 1. The van der Waals surface area contributed by atoms with Crippen LogP contribution >= 0.6 is 35.1 Å². The predicted octanol–water partition coefficient (Wildman–Crippen LogP) is 5.93. The van der Waals surface area contributed by atoms with Crippen molar-refractivity contribution in [3.63, 3.8) is 0 Å². The summed E-state index contributed by atoms with van der Waals surface area (Å²) in [5.74, 6) is 1.32. The Kier molecular flexibility index (Phi) is 7.93. The maximum atomic E-state index is 12.6. The van der Waals surface area contributed by atoms with Crippen molar-refractivity contribution < 1.29 is 9.53 Å². The Balaban J connectivity index is 1.33. The number of anilines is 1. The van der Waals surface area contributed by atoms with E-state index in [0.717, 1.165) is 15.5 Å². The molecule has 1 aromatic heterocycles. The molecule has 0 radical (unpaired) electrons. The van der Waals surface area contributed by atoms with Gasteiger partial charge in [0, 0.05) is 16.8 Å². The summed E-state index contributed by atoms with van der Waals surface area (Å²) in [6.07, 6.45) is 0. The van der Waals surface area contributed by atoms with Crippen LogP contribution in [0.3, 0.4) is 0 Å². The van der Waals surface area contributed by atoms with E-state index in [1.54, 1.807) is 23.9 Å². The summed E-state index contributed by atoms with van der Waals surface area (Å²) in [6.45, 7) is 0.226. The lowest BCUT2D eigenvalue weighted by atomic mass is 10.3. The molecule has 0 fully saturated rings. The monoisotopic (exact) mass is 496 g/mol. The summed E-state index contributed by atoms with van der Waals surface area (Å²) in [5.41, 5.74) is 0.781. The molecule has 4 rings (SSSR count). The Morgan fingerprint density at radius 1 is 1.00 bits per heavy atom. The van der Waals surface area contributed by atoms with Crippen molar-refractivity contribution in [2.45, 2.75) is 21.6 Å². The Morgan fingerprint density at radius 2 is 1.73 bits per heavy atom. The van der Waals surface area contributed by atoms with Crippen LogP contribution in [0.5, 0.6) is 5.75 Å². The van der Waals surface area contributed by atoms with Crippen LogP contribution in [0.4, 0.5) is 5.69 Å². The third kappa shape index (κ3) is 6.31. The quantitative estimate of drug-likeness (QED) is 0.290. The first-order valence-corrected chi connectivity index (χ1v) is 12.3. The van der Waals surface area contributed by atoms with E-state index in [0.29, 0.717) is 21.8 Å². The van der Waals surface area contributed by atoms with E-state index in [1.807, 2.05) is 78.3 Å². The molecule has 1 N–H and O–H groups in total. The first-order chi connectivity index (χ1) is 16.1. The summed E-state index contributed by atoms with van der Waals surface area (Å²) >= 11 is 9.05. The summed E-state index contributed by atoms with van der Waals surface area (Å²) < 4.78 is 7.55. The van der Waals surface area contributed by atoms with Crippen LogP contribution in [0.15, 0.2) is 93.8 Å². The Bertz CT molecular complexity index is 1230. The second-order valence-electron chi connectivity index (χ2n) is 6.93. The number of nitrogens with zero attached hydrogens (tertiary/aromatic N) is 3. The van der Waals surface area contributed by atoms with Gasteiger partial charge >= 0.3 is 0 Å². The zero-order valence-corrected chi connectivity index (χ0v) is 20.2. The SMILES string of the molecule is Cn1c(COc2ccccc2Cl)nnc1SCC(=O)Nc1ccccc1Sc1ccccc1. The van der Waals surface area contributed by atoms with Crippen LogP contribution in [0.1, 0.15) is 5.82 Å². The highest BCUT2D eigenvalue weighted by molar-refractivity contribution is 8.00. The number of carbonyl (C=O) groups is 1. The number of amides is 1. The highest BCUT2D eigenvalue weighted by atomic mass is 35.5. The number of benzene rings is 3. The van der Waals surface area contributed by atoms with E-state index in [9.17, 15) is 4.79 Å². The molecule has 1 amide bonds. The fraction of sp³-hybridized carbons (Fsp3) is 0.125. The number of hydrogen-bond donors (Lipinski definition) is 1. The van der Waals surface area contributed by atoms with Crippen molar-refractivity contribution in [3.8, 4) is 5.75 Å². The first-order valence-electron chi connectivity index (χ1n) is 10.1. The van der Waals surface area contributed by atoms with Crippen molar-refractivity contribution >= 4 is 46.7 Å². The fourth-order valence-electron chi connectivity index (χ4n) is 2.89. The molecule has 0 aliphatic rings. The minimum Gasteiger partial charge on any atom is -0.484 e. The average molecular weight is 497 g/mol. The minimum absolute atomic E-state index is 0.113. The van der Waals surface area contributed by atoms with Gasteiger partial charge in [0.1, 0.15) is 12.4 Å². The van der Waals surface area contributed by atoms with Crippen LogP contribution in [0, 0.1) is 0 Å². The number of carbonyl (C=O) groups excluding carboxylic acids is 1. The van der Waals surface area contributed by atoms with Gasteiger partial charge in [-0.25, -0.2) is 0 Å². The van der Waals surface area contributed by atoms with Gasteiger partial charge in [0.05, 0.1) is 16.5 Å². The molecular weight excluding hydrogens is 476 g/mol. The highest BCUT2D eigenvalue weighted by Gasteiger charge is 2.14. The Labute approximate surface area is 205 Å². The molecule has 3 aromatic carbocycles. The molecule has 0 saturated carbocycles. The molecular formula is C24H21ClN4O2S2. The Morgan fingerprint density at radius 3 is 2.55 bits per heavy atom. The summed E-state index contributed by atoms with van der Waals surface area (Å²) in [6, 6.07) is 25.1. The molecule has 0 spiro atoms. The van der Waals surface area contributed by atoms with E-state index in [2.05, 4.69) is 15.5 Å². The zero-order valence-electron chi connectivity index (χ0n) is 17.8. The highest BCUT2D eigenvalue weighted by Crippen LogP contribution is 2.33. The molecule has 0 aliphatic heterocycles. The lowest BCUT2D eigenvalue weighted by molar-refractivity contribution is -0.113. The van der Waals surface area contributed by atoms with Crippen LogP contribution in [0.25, 0.3) is 0 Å². The van der Waals surface area contributed by atoms with E-state index in [-0.39, 0.29) is 18.3 Å². The van der Waals surface area contributed by atoms with Crippen molar-refractivity contribution in [3.05, 3.63) is 89.7 Å². The molecule has 168 valence electrons. The number of hydrogen-bond acceptors (Lipinski definition) is 6. The Hall–Kier alpha value is -2.94. The molecule has 1 heterocycles. The van der Waals surface area contributed by atoms with Crippen molar-refractivity contribution in [1.82, 2.24) is 14.8 Å². The van der Waals surface area contributed by atoms with Gasteiger partial charge in [0.25, 0.3) is 0 Å². The van der Waals surface area contributed by atoms with Gasteiger partial charge in [-0.1, -0.05) is 77.6 Å². The van der Waals surface area contributed by atoms with Crippen molar-refractivity contribution in [2.75, 3.05) is 11.1 Å². The number of ether oxygens (including phenoxy) is 1. The van der Waals surface area contributed by atoms with Crippen LogP contribution in [-0.4, -0.2) is 26.4 Å². The van der Waals surface area contributed by atoms with Gasteiger partial charge in [-0.3, -0.25) is 4.79 Å². The smallest absolute Gasteiger partial charge is 0.234 e. The largest absolute Gasteiger partial charge is 0.484 e. The molecule has 6 nitrogen and oxygen atoms in total. The summed E-state index contributed by atoms with van der Waals surface area (Å²) in [7, 11) is 1.84. The maximum Gasteiger partial charge on any atom is 0.234 e. The second kappa shape index (κ2) is 11.3. The third-order valence-corrected chi connectivity index (χ3v) is 7.00. The van der Waals surface area contributed by atoms with E-state index >= 15 is 0 Å². The van der Waals surface area contributed by atoms with E-state index < -0.39 is 0 Å². The predicted molar refractivity (Wildman–Crippen MR) is 133 cm³/mol. The van der Waals surface area contributed by atoms with Gasteiger partial charge in [-0.15, -0.1) is 10.2 Å². The summed E-state index contributed by atoms with van der Waals surface area (Å²) in [5, 5.41) is 12.5. The number of thioether (sulfide) groups is 1. The molecule has 0 aliphatic carbocycles. The molecule has 0 unspecified atom stereocenters. The lowest BCUT2D eigenvalue weighted by Crippen LogP contribution is -2.15. The van der Waals surface area contributed by atoms with E-state index in [4.69, 9.17) is 16.3 Å². The molecule has 0 atom stereocenters. The molecule has 33 heavy (non-hydrogen) atoms. The second-order valence-corrected chi connectivity index (χ2v) is 9.39. The van der Waals surface area contributed by atoms with Gasteiger partial charge in [0.2, 0.25) is 5.91 Å². The number of aromatic nitrogens is 3. The van der Waals surface area contributed by atoms with Gasteiger partial charge in [0.15, 0.2) is 11.0 Å². The van der Waals surface area contributed by atoms with Crippen LogP contribution < -0.4 is 10.1 Å². The van der Waals surface area contributed by atoms with Gasteiger partial charge in [-0.2, -0.15) is 0 Å². The van der Waals surface area contributed by atoms with Crippen molar-refractivity contribution in [1.29, 1.82) is 0 Å². The van der Waals surface area contributed by atoms with Gasteiger partial charge < -0.3 is 14.6 Å². The zero-order chi connectivity index (χ0) is 23.0. The minimum atomic E-state index is -0.113. The molecule has 0 bridgehead atoms. The fourth-order valence-corrected chi connectivity index (χ4v) is 4.73. The number of para-hydroxylation sites is 2. The maximum absolute atomic E-state index is 12.6. The average Bonchev–Trinajstić information content (AvgIpc) is 3.18. The molecule has 4 aromatic rings. The van der Waals surface area contributed by atoms with Crippen LogP contribution in [-0.2, 0) is 18.4 Å². The topological polar surface area (TPSA) is 69.0 Å². The van der Waals surface area contributed by atoms with Gasteiger partial charge in [-0.05, 0) is 36.4 Å². The lowest BCUT2D eigenvalue weighted by Gasteiger charge is -2.11. The van der Waals surface area contributed by atoms with Crippen molar-refractivity contribution in [2.24, 2.45) is 7.05 Å². The first kappa shape index (κ1) is 23.2. The third-order valence-electron chi connectivity index (χ3n) is 4.58. The number of nitrogens with one attached hydrogen (secondary N) is 1. The molecule has 0 saturated heterocycles.